The molecule has 1 aromatic heterocycles. The molecule has 4 aliphatic rings. The normalized spacial score (nSPS) is 31.0. The summed E-state index contributed by atoms with van der Waals surface area (Å²) >= 11 is 0. The van der Waals surface area contributed by atoms with Gasteiger partial charge in [0.05, 0.1) is 0 Å². The van der Waals surface area contributed by atoms with E-state index in [0.717, 1.165) is 60.3 Å². The number of fused-ring (bicyclic) bond motifs is 6. The first-order valence-corrected chi connectivity index (χ1v) is 19.3. The number of hydrogen-bond donors (Lipinski definition) is 1. The summed E-state index contributed by atoms with van der Waals surface area (Å²) < 4.78 is 17.7. The van der Waals surface area contributed by atoms with Crippen molar-refractivity contribution in [3.63, 3.8) is 0 Å². The van der Waals surface area contributed by atoms with Crippen LogP contribution in [-0.4, -0.2) is 23.8 Å². The number of aromatic hydroxyl groups is 1. The van der Waals surface area contributed by atoms with E-state index in [1.54, 1.807) is 6.07 Å². The zero-order chi connectivity index (χ0) is 35.2. The third-order valence-electron chi connectivity index (χ3n) is 13.8. The molecule has 1 N–H and O–H groups in total. The van der Waals surface area contributed by atoms with Crippen LogP contribution >= 0.6 is 0 Å². The Hall–Kier alpha value is -3.54. The maximum Gasteiger partial charge on any atom is 0.344 e. The maximum absolute atomic E-state index is 13.0. The molecule has 1 heterocycles. The van der Waals surface area contributed by atoms with Crippen molar-refractivity contribution in [1.29, 1.82) is 0 Å². The Balaban J connectivity index is 0.970. The molecule has 6 nitrogen and oxygen atoms in total. The Morgan fingerprint density at radius 1 is 0.980 bits per heavy atom. The van der Waals surface area contributed by atoms with Crippen molar-refractivity contribution < 1.29 is 23.8 Å². The zero-order valence-corrected chi connectivity index (χ0v) is 30.7. The molecule has 0 spiro atoms. The first-order valence-electron chi connectivity index (χ1n) is 19.3. The van der Waals surface area contributed by atoms with Gasteiger partial charge in [-0.3, -0.25) is 4.79 Å². The smallest absolute Gasteiger partial charge is 0.344 e. The number of benzene rings is 2. The van der Waals surface area contributed by atoms with E-state index in [1.807, 2.05) is 30.3 Å². The van der Waals surface area contributed by atoms with Crippen LogP contribution < -0.4 is 10.2 Å². The van der Waals surface area contributed by atoms with Crippen molar-refractivity contribution in [2.24, 2.45) is 46.3 Å². The largest absolute Gasteiger partial charge is 0.507 e. The van der Waals surface area contributed by atoms with E-state index in [4.69, 9.17) is 13.9 Å². The van der Waals surface area contributed by atoms with Gasteiger partial charge in [-0.2, -0.15) is 0 Å². The van der Waals surface area contributed by atoms with Crippen molar-refractivity contribution in [3.05, 3.63) is 70.4 Å². The number of allylic oxidation sites excluding steroid dienone is 1. The van der Waals surface area contributed by atoms with Crippen LogP contribution in [0.5, 0.6) is 11.5 Å². The SMILES string of the molecule is CC(C)CCC[C@@H](C)[C@@H]1CC[C@@H]2[C@H]3CC=C4C[C@@H](OC(=O)COc5cc(O)c6c(=O)cc(-c7ccccc7)oc6c5)CC[C@]4(C)[C@@H]3CC[C@]21C. The molecule has 0 radical (unpaired) electrons. The van der Waals surface area contributed by atoms with Gasteiger partial charge in [-0.25, -0.2) is 4.79 Å². The molecule has 2 aromatic carbocycles. The molecule has 3 saturated carbocycles. The van der Waals surface area contributed by atoms with Crippen molar-refractivity contribution in [3.8, 4) is 22.8 Å². The lowest BCUT2D eigenvalue weighted by atomic mass is 9.47. The van der Waals surface area contributed by atoms with E-state index >= 15 is 0 Å². The van der Waals surface area contributed by atoms with Gasteiger partial charge in [0.15, 0.2) is 12.0 Å². The second kappa shape index (κ2) is 13.9. The minimum atomic E-state index is -0.431. The summed E-state index contributed by atoms with van der Waals surface area (Å²) in [4.78, 5) is 25.8. The average molecular weight is 681 g/mol. The second-order valence-corrected chi connectivity index (χ2v) is 17.1. The van der Waals surface area contributed by atoms with Crippen LogP contribution in [0.1, 0.15) is 105 Å². The monoisotopic (exact) mass is 680 g/mol. The van der Waals surface area contributed by atoms with Crippen molar-refractivity contribution in [1.82, 2.24) is 0 Å². The summed E-state index contributed by atoms with van der Waals surface area (Å²) in [6, 6.07) is 13.6. The molecule has 3 aromatic rings. The molecule has 8 atom stereocenters. The standard InChI is InChI=1S/C44H56O6/c1-27(2)10-9-11-28(3)34-16-17-35-33-15-14-30-22-31(18-20-43(30,4)36(33)19-21-44(34,35)5)49-41(47)26-48-32-23-37(45)42-38(46)25-39(50-40(42)24-32)29-12-7-6-8-13-29/h6-8,12-14,23-25,27-28,31,33-36,45H,9-11,15-22,26H2,1-5H3/t28-,31+,33-,34+,35-,36-,43+,44+/m1/s1. The maximum atomic E-state index is 13.0. The summed E-state index contributed by atoms with van der Waals surface area (Å²) in [5.41, 5.74) is 2.76. The van der Waals surface area contributed by atoms with E-state index in [0.29, 0.717) is 11.2 Å². The highest BCUT2D eigenvalue weighted by Gasteiger charge is 2.59. The predicted molar refractivity (Wildman–Crippen MR) is 198 cm³/mol. The Labute approximate surface area is 297 Å². The Kier molecular flexibility index (Phi) is 9.69. The van der Waals surface area contributed by atoms with Crippen LogP contribution in [-0.2, 0) is 9.53 Å². The highest BCUT2D eigenvalue weighted by atomic mass is 16.6. The van der Waals surface area contributed by atoms with E-state index in [2.05, 4.69) is 40.7 Å². The number of phenols is 1. The van der Waals surface area contributed by atoms with Gasteiger partial charge in [-0.1, -0.05) is 95.9 Å². The predicted octanol–water partition coefficient (Wildman–Crippen LogP) is 10.5. The van der Waals surface area contributed by atoms with E-state index in [-0.39, 0.29) is 46.0 Å². The van der Waals surface area contributed by atoms with Crippen LogP contribution in [0.2, 0.25) is 0 Å². The quantitative estimate of drug-likeness (QED) is 0.169. The van der Waals surface area contributed by atoms with Gasteiger partial charge in [0, 0.05) is 30.2 Å². The van der Waals surface area contributed by atoms with Crippen LogP contribution in [0.25, 0.3) is 22.3 Å². The van der Waals surface area contributed by atoms with Gasteiger partial charge in [0.2, 0.25) is 0 Å². The first kappa shape index (κ1) is 34.9. The van der Waals surface area contributed by atoms with Gasteiger partial charge in [0.1, 0.15) is 34.3 Å². The average Bonchev–Trinajstić information content (AvgIpc) is 3.44. The fraction of sp³-hybridized carbons (Fsp3) is 0.591. The summed E-state index contributed by atoms with van der Waals surface area (Å²) in [7, 11) is 0. The number of hydrogen-bond acceptors (Lipinski definition) is 6. The molecule has 0 unspecified atom stereocenters. The molecule has 0 bridgehead atoms. The van der Waals surface area contributed by atoms with Crippen molar-refractivity contribution in [2.45, 2.75) is 111 Å². The number of rotatable bonds is 10. The Morgan fingerprint density at radius 3 is 2.56 bits per heavy atom. The van der Waals surface area contributed by atoms with Crippen LogP contribution in [0.3, 0.4) is 0 Å². The minimum Gasteiger partial charge on any atom is -0.507 e. The van der Waals surface area contributed by atoms with E-state index in [1.165, 1.54) is 69.1 Å². The zero-order valence-electron chi connectivity index (χ0n) is 30.7. The van der Waals surface area contributed by atoms with Crippen LogP contribution in [0.4, 0.5) is 0 Å². The molecule has 3 fully saturated rings. The summed E-state index contributed by atoms with van der Waals surface area (Å²) in [6.45, 7) is 12.1. The molecule has 6 heteroatoms. The molecular weight excluding hydrogens is 624 g/mol. The molecule has 4 aliphatic carbocycles. The van der Waals surface area contributed by atoms with Gasteiger partial charge >= 0.3 is 5.97 Å². The summed E-state index contributed by atoms with van der Waals surface area (Å²) in [5.74, 6) is 4.75. The van der Waals surface area contributed by atoms with Crippen LogP contribution in [0, 0.1) is 46.3 Å². The van der Waals surface area contributed by atoms with E-state index < -0.39 is 5.97 Å². The van der Waals surface area contributed by atoms with Crippen molar-refractivity contribution >= 4 is 16.9 Å². The molecule has 0 aliphatic heterocycles. The highest BCUT2D eigenvalue weighted by Crippen LogP contribution is 2.67. The lowest BCUT2D eigenvalue weighted by Crippen LogP contribution is -2.51. The van der Waals surface area contributed by atoms with Gasteiger partial charge in [0.25, 0.3) is 0 Å². The molecule has 50 heavy (non-hydrogen) atoms. The topological polar surface area (TPSA) is 86.0 Å². The summed E-state index contributed by atoms with van der Waals surface area (Å²) in [6.07, 6.45) is 15.8. The van der Waals surface area contributed by atoms with Gasteiger partial charge in [-0.05, 0) is 91.3 Å². The van der Waals surface area contributed by atoms with Crippen molar-refractivity contribution in [2.75, 3.05) is 6.61 Å². The molecule has 0 amide bonds. The molecule has 7 rings (SSSR count). The third-order valence-corrected chi connectivity index (χ3v) is 13.8. The number of phenolic OH excluding ortho intramolecular Hbond substituents is 1. The fourth-order valence-electron chi connectivity index (χ4n) is 11.2. The fourth-order valence-corrected chi connectivity index (χ4v) is 11.2. The van der Waals surface area contributed by atoms with E-state index in [9.17, 15) is 14.7 Å². The Bertz CT molecular complexity index is 1790. The number of carbonyl (C=O) groups is 1. The first-order chi connectivity index (χ1) is 24.0. The number of carbonyl (C=O) groups excluding carboxylic acids is 1. The van der Waals surface area contributed by atoms with Crippen LogP contribution in [0.15, 0.2) is 69.4 Å². The second-order valence-electron chi connectivity index (χ2n) is 17.1. The van der Waals surface area contributed by atoms with Gasteiger partial charge < -0.3 is 19.0 Å². The molecule has 0 saturated heterocycles. The minimum absolute atomic E-state index is 0.0786. The molecular formula is C44H56O6. The lowest BCUT2D eigenvalue weighted by Gasteiger charge is -2.58. The lowest BCUT2D eigenvalue weighted by molar-refractivity contribution is -0.153. The summed E-state index contributed by atoms with van der Waals surface area (Å²) in [5, 5.41) is 10.7. The molecule has 268 valence electrons. The Morgan fingerprint density at radius 2 is 1.78 bits per heavy atom. The highest BCUT2D eigenvalue weighted by molar-refractivity contribution is 5.86. The number of ether oxygens (including phenoxy) is 2. The third kappa shape index (κ3) is 6.52. The number of esters is 1. The van der Waals surface area contributed by atoms with Gasteiger partial charge in [-0.15, -0.1) is 0 Å².